The molecule has 0 spiro atoms. The second-order valence-corrected chi connectivity index (χ2v) is 5.88. The Kier molecular flexibility index (Phi) is 5.24. The molecule has 5 heteroatoms. The molecule has 112 valence electrons. The quantitative estimate of drug-likeness (QED) is 0.835. The summed E-state index contributed by atoms with van der Waals surface area (Å²) in [5.41, 5.74) is 5.92. The molecule has 0 bridgehead atoms. The van der Waals surface area contributed by atoms with Gasteiger partial charge in [0.05, 0.1) is 10.6 Å². The van der Waals surface area contributed by atoms with Gasteiger partial charge in [0, 0.05) is 18.4 Å². The molecule has 1 aliphatic carbocycles. The summed E-state index contributed by atoms with van der Waals surface area (Å²) in [6.45, 7) is 2.53. The van der Waals surface area contributed by atoms with E-state index in [1.165, 1.54) is 19.0 Å². The molecule has 3 N–H and O–H groups in total. The second kappa shape index (κ2) is 6.74. The first-order valence-corrected chi connectivity index (χ1v) is 7.70. The second-order valence-electron chi connectivity index (χ2n) is 5.44. The summed E-state index contributed by atoms with van der Waals surface area (Å²) in [6.07, 6.45) is 6.88. The number of anilines is 1. The van der Waals surface area contributed by atoms with E-state index in [1.807, 2.05) is 6.92 Å². The van der Waals surface area contributed by atoms with Crippen LogP contribution in [0.15, 0.2) is 12.3 Å². The number of hydrogen-bond acceptors (Lipinski definition) is 4. The molecule has 1 heterocycles. The van der Waals surface area contributed by atoms with Crippen LogP contribution in [0, 0.1) is 0 Å². The number of aliphatic hydroxyl groups excluding tert-OH is 1. The smallest absolute Gasteiger partial charge is 0.129 e. The van der Waals surface area contributed by atoms with Crippen molar-refractivity contribution >= 4 is 17.4 Å². The summed E-state index contributed by atoms with van der Waals surface area (Å²) in [5, 5.41) is 11.3. The van der Waals surface area contributed by atoms with Crippen molar-refractivity contribution in [1.82, 2.24) is 4.98 Å². The van der Waals surface area contributed by atoms with Crippen LogP contribution in [0.25, 0.3) is 0 Å². The Morgan fingerprint density at radius 1 is 1.40 bits per heavy atom. The van der Waals surface area contributed by atoms with Crippen LogP contribution in [0.1, 0.15) is 57.1 Å². The average Bonchev–Trinajstić information content (AvgIpc) is 2.68. The van der Waals surface area contributed by atoms with Crippen LogP contribution in [-0.4, -0.2) is 22.3 Å². The number of aliphatic hydroxyl groups is 1. The van der Waals surface area contributed by atoms with E-state index in [2.05, 4.69) is 4.98 Å². The van der Waals surface area contributed by atoms with Gasteiger partial charge in [0.25, 0.3) is 0 Å². The van der Waals surface area contributed by atoms with Crippen molar-refractivity contribution in [2.45, 2.75) is 57.2 Å². The van der Waals surface area contributed by atoms with Crippen molar-refractivity contribution in [2.24, 2.45) is 0 Å². The highest BCUT2D eigenvalue weighted by atomic mass is 35.5. The highest BCUT2D eigenvalue weighted by molar-refractivity contribution is 6.30. The summed E-state index contributed by atoms with van der Waals surface area (Å²) in [7, 11) is 0. The van der Waals surface area contributed by atoms with Crippen LogP contribution >= 0.6 is 11.6 Å². The SMILES string of the molecule is CCOC1(C(O)c2cc(Cl)cnc2N)CCCCCC1. The van der Waals surface area contributed by atoms with E-state index in [4.69, 9.17) is 22.1 Å². The number of halogens is 1. The van der Waals surface area contributed by atoms with Crippen LogP contribution in [0.4, 0.5) is 5.82 Å². The van der Waals surface area contributed by atoms with Crippen LogP contribution in [0.2, 0.25) is 5.02 Å². The topological polar surface area (TPSA) is 68.4 Å². The first-order valence-electron chi connectivity index (χ1n) is 7.32. The molecule has 1 aromatic heterocycles. The van der Waals surface area contributed by atoms with Gasteiger partial charge < -0.3 is 15.6 Å². The largest absolute Gasteiger partial charge is 0.385 e. The normalized spacial score (nSPS) is 20.4. The van der Waals surface area contributed by atoms with Crippen LogP contribution in [0.5, 0.6) is 0 Å². The number of ether oxygens (including phenoxy) is 1. The van der Waals surface area contributed by atoms with Gasteiger partial charge in [-0.1, -0.05) is 37.3 Å². The van der Waals surface area contributed by atoms with E-state index in [0.717, 1.165) is 25.7 Å². The van der Waals surface area contributed by atoms with Crippen molar-refractivity contribution in [3.63, 3.8) is 0 Å². The zero-order valence-electron chi connectivity index (χ0n) is 11.9. The third-order valence-electron chi connectivity index (χ3n) is 4.09. The van der Waals surface area contributed by atoms with Gasteiger partial charge in [0.15, 0.2) is 0 Å². The van der Waals surface area contributed by atoms with E-state index in [0.29, 0.717) is 23.0 Å². The summed E-state index contributed by atoms with van der Waals surface area (Å²) >= 11 is 5.98. The van der Waals surface area contributed by atoms with Crippen molar-refractivity contribution in [1.29, 1.82) is 0 Å². The van der Waals surface area contributed by atoms with Crippen LogP contribution < -0.4 is 5.73 Å². The molecule has 1 unspecified atom stereocenters. The summed E-state index contributed by atoms with van der Waals surface area (Å²) in [6, 6.07) is 1.69. The number of rotatable bonds is 4. The Hall–Kier alpha value is -0.840. The van der Waals surface area contributed by atoms with E-state index in [9.17, 15) is 5.11 Å². The lowest BCUT2D eigenvalue weighted by molar-refractivity contribution is -0.131. The van der Waals surface area contributed by atoms with Gasteiger partial charge >= 0.3 is 0 Å². The van der Waals surface area contributed by atoms with Gasteiger partial charge in [-0.2, -0.15) is 0 Å². The lowest BCUT2D eigenvalue weighted by atomic mass is 9.84. The summed E-state index contributed by atoms with van der Waals surface area (Å²) in [5.74, 6) is 0.324. The number of nitrogen functional groups attached to an aromatic ring is 1. The lowest BCUT2D eigenvalue weighted by Crippen LogP contribution is -2.39. The number of pyridine rings is 1. The fraction of sp³-hybridized carbons (Fsp3) is 0.667. The Balaban J connectivity index is 2.34. The minimum Gasteiger partial charge on any atom is -0.385 e. The van der Waals surface area contributed by atoms with Gasteiger partial charge in [0.2, 0.25) is 0 Å². The molecular formula is C15H23ClN2O2. The maximum absolute atomic E-state index is 10.9. The predicted octanol–water partition coefficient (Wildman–Crippen LogP) is 3.48. The Morgan fingerprint density at radius 2 is 2.05 bits per heavy atom. The van der Waals surface area contributed by atoms with Gasteiger partial charge in [-0.3, -0.25) is 0 Å². The van der Waals surface area contributed by atoms with Crippen LogP contribution in [0.3, 0.4) is 0 Å². The van der Waals surface area contributed by atoms with Gasteiger partial charge in [-0.05, 0) is 25.8 Å². The number of aromatic nitrogens is 1. The molecule has 1 atom stereocenters. The summed E-state index contributed by atoms with van der Waals surface area (Å²) < 4.78 is 5.99. The molecule has 1 aromatic rings. The van der Waals surface area contributed by atoms with Gasteiger partial charge in [-0.15, -0.1) is 0 Å². The van der Waals surface area contributed by atoms with E-state index >= 15 is 0 Å². The maximum Gasteiger partial charge on any atom is 0.129 e. The van der Waals surface area contributed by atoms with E-state index in [1.54, 1.807) is 6.07 Å². The molecule has 1 saturated carbocycles. The molecule has 2 rings (SSSR count). The van der Waals surface area contributed by atoms with E-state index in [-0.39, 0.29) is 0 Å². The number of nitrogens with zero attached hydrogens (tertiary/aromatic N) is 1. The monoisotopic (exact) mass is 298 g/mol. The molecule has 20 heavy (non-hydrogen) atoms. The molecular weight excluding hydrogens is 276 g/mol. The highest BCUT2D eigenvalue weighted by Crippen LogP contribution is 2.42. The van der Waals surface area contributed by atoms with Crippen molar-refractivity contribution in [2.75, 3.05) is 12.3 Å². The molecule has 0 saturated heterocycles. The first kappa shape index (κ1) is 15.5. The zero-order chi connectivity index (χ0) is 14.6. The minimum atomic E-state index is -0.785. The Labute approximate surface area is 125 Å². The molecule has 4 nitrogen and oxygen atoms in total. The van der Waals surface area contributed by atoms with Crippen LogP contribution in [-0.2, 0) is 4.74 Å². The predicted molar refractivity (Wildman–Crippen MR) is 80.7 cm³/mol. The third kappa shape index (κ3) is 3.25. The Morgan fingerprint density at radius 3 is 2.65 bits per heavy atom. The highest BCUT2D eigenvalue weighted by Gasteiger charge is 2.40. The average molecular weight is 299 g/mol. The number of hydrogen-bond donors (Lipinski definition) is 2. The van der Waals surface area contributed by atoms with E-state index < -0.39 is 11.7 Å². The standard InChI is InChI=1S/C15H23ClN2O2/c1-2-20-15(7-5-3-4-6-8-15)13(19)12-9-11(16)10-18-14(12)17/h9-10,13,19H,2-8H2,1H3,(H2,17,18). The minimum absolute atomic E-state index is 0.324. The third-order valence-corrected chi connectivity index (χ3v) is 4.30. The zero-order valence-corrected chi connectivity index (χ0v) is 12.7. The Bertz CT molecular complexity index is 445. The van der Waals surface area contributed by atoms with Crippen molar-refractivity contribution in [3.05, 3.63) is 22.8 Å². The summed E-state index contributed by atoms with van der Waals surface area (Å²) in [4.78, 5) is 4.04. The molecule has 1 fully saturated rings. The first-order chi connectivity index (χ1) is 9.59. The fourth-order valence-electron chi connectivity index (χ4n) is 3.08. The molecule has 0 aliphatic heterocycles. The maximum atomic E-state index is 10.9. The molecule has 0 radical (unpaired) electrons. The van der Waals surface area contributed by atoms with Crippen molar-refractivity contribution < 1.29 is 9.84 Å². The van der Waals surface area contributed by atoms with Gasteiger partial charge in [0.1, 0.15) is 11.9 Å². The van der Waals surface area contributed by atoms with Gasteiger partial charge in [-0.25, -0.2) is 4.98 Å². The lowest BCUT2D eigenvalue weighted by Gasteiger charge is -2.37. The fourth-order valence-corrected chi connectivity index (χ4v) is 3.25. The molecule has 0 aromatic carbocycles. The molecule has 1 aliphatic rings. The van der Waals surface area contributed by atoms with Crippen molar-refractivity contribution in [3.8, 4) is 0 Å². The number of nitrogens with two attached hydrogens (primary N) is 1. The molecule has 0 amide bonds.